The first-order valence-corrected chi connectivity index (χ1v) is 16.1. The average molecular weight is 603 g/mol. The number of carbonyl (C=O) groups excluding carboxylic acids is 2. The van der Waals surface area contributed by atoms with Gasteiger partial charge < -0.3 is 19.7 Å². The molecule has 2 aliphatic rings. The molecule has 0 saturated carbocycles. The largest absolute Gasteiger partial charge is 0.491 e. The molecule has 3 atom stereocenters. The molecule has 0 spiro atoms. The molecule has 0 unspecified atom stereocenters. The molecule has 9 heteroatoms. The molecule has 5 rings (SSSR count). The number of fused-ring (bicyclic) bond motifs is 3. The third-order valence-corrected chi connectivity index (χ3v) is 8.80. The second kappa shape index (κ2) is 14.4. The van der Waals surface area contributed by atoms with Gasteiger partial charge >= 0.3 is 0 Å². The fraction of sp³-hybridized carbons (Fsp3) is 0.471. The van der Waals surface area contributed by atoms with Gasteiger partial charge in [-0.1, -0.05) is 57.5 Å². The molecule has 2 aromatic carbocycles. The van der Waals surface area contributed by atoms with Crippen molar-refractivity contribution in [1.82, 2.24) is 20.2 Å². The Bertz CT molecular complexity index is 1360. The summed E-state index contributed by atoms with van der Waals surface area (Å²) < 4.78 is 12.6. The third-order valence-electron chi connectivity index (χ3n) is 7.72. The molecular formula is C34H42N4O4S. The number of hydrogen-bond acceptors (Lipinski definition) is 7. The van der Waals surface area contributed by atoms with Gasteiger partial charge in [0, 0.05) is 35.8 Å². The maximum absolute atomic E-state index is 14.1. The quantitative estimate of drug-likeness (QED) is 0.375. The monoisotopic (exact) mass is 602 g/mol. The molecule has 2 amide bonds. The van der Waals surface area contributed by atoms with E-state index in [1.165, 1.54) is 11.2 Å². The normalized spacial score (nSPS) is 21.4. The zero-order valence-corrected chi connectivity index (χ0v) is 26.1. The van der Waals surface area contributed by atoms with Gasteiger partial charge in [-0.3, -0.25) is 9.59 Å². The predicted octanol–water partition coefficient (Wildman–Crippen LogP) is 5.91. The zero-order valence-electron chi connectivity index (χ0n) is 25.3. The van der Waals surface area contributed by atoms with E-state index in [1.54, 1.807) is 24.2 Å². The smallest absolute Gasteiger partial charge is 0.245 e. The molecule has 1 N–H and O–H groups in total. The fourth-order valence-corrected chi connectivity index (χ4v) is 6.51. The van der Waals surface area contributed by atoms with Crippen molar-refractivity contribution in [2.45, 2.75) is 82.6 Å². The van der Waals surface area contributed by atoms with Crippen molar-refractivity contribution in [2.24, 2.45) is 5.41 Å². The van der Waals surface area contributed by atoms with E-state index >= 15 is 0 Å². The molecule has 8 nitrogen and oxygen atoms in total. The van der Waals surface area contributed by atoms with Gasteiger partial charge in [-0.15, -0.1) is 11.8 Å². The van der Waals surface area contributed by atoms with Crippen LogP contribution in [0.15, 0.2) is 72.1 Å². The third kappa shape index (κ3) is 9.03. The molecule has 1 saturated heterocycles. The van der Waals surface area contributed by atoms with E-state index < -0.39 is 6.04 Å². The maximum atomic E-state index is 14.1. The summed E-state index contributed by atoms with van der Waals surface area (Å²) in [6.07, 6.45) is 8.45. The van der Waals surface area contributed by atoms with E-state index in [2.05, 4.69) is 27.4 Å². The highest BCUT2D eigenvalue weighted by Crippen LogP contribution is 2.29. The van der Waals surface area contributed by atoms with Crippen LogP contribution in [0.1, 0.15) is 58.4 Å². The minimum Gasteiger partial charge on any atom is -0.491 e. The lowest BCUT2D eigenvalue weighted by atomic mass is 9.91. The van der Waals surface area contributed by atoms with Crippen LogP contribution < -0.4 is 10.1 Å². The van der Waals surface area contributed by atoms with Crippen LogP contribution in [-0.2, 0) is 20.9 Å². The molecule has 0 radical (unpaired) electrons. The SMILES string of the molecule is CC(C)(C)CC(=O)N[C@H]1CCCCSc2cccc(c2)OC[C@@H]2C[C@H](OCc3ccc(-c4cncnc4)cc3)CN2C1=O. The number of amides is 2. The zero-order chi connectivity index (χ0) is 30.2. The molecule has 2 bridgehead atoms. The van der Waals surface area contributed by atoms with Crippen molar-refractivity contribution in [1.29, 1.82) is 0 Å². The topological polar surface area (TPSA) is 93.7 Å². The molecule has 3 aromatic rings. The van der Waals surface area contributed by atoms with Crippen molar-refractivity contribution in [3.05, 3.63) is 72.8 Å². The summed E-state index contributed by atoms with van der Waals surface area (Å²) in [5, 5.41) is 3.09. The first kappa shape index (κ1) is 31.0. The van der Waals surface area contributed by atoms with Gasteiger partial charge in [0.2, 0.25) is 11.8 Å². The molecule has 3 heterocycles. The maximum Gasteiger partial charge on any atom is 0.245 e. The molecule has 1 aromatic heterocycles. The highest BCUT2D eigenvalue weighted by molar-refractivity contribution is 7.99. The summed E-state index contributed by atoms with van der Waals surface area (Å²) in [5.74, 6) is 1.62. The number of aromatic nitrogens is 2. The Morgan fingerprint density at radius 1 is 1.09 bits per heavy atom. The number of rotatable bonds is 6. The summed E-state index contributed by atoms with van der Waals surface area (Å²) in [7, 11) is 0. The number of ether oxygens (including phenoxy) is 2. The minimum absolute atomic E-state index is 0.0464. The van der Waals surface area contributed by atoms with E-state index in [0.717, 1.165) is 41.0 Å². The van der Waals surface area contributed by atoms with Gasteiger partial charge in [0.05, 0.1) is 18.8 Å². The van der Waals surface area contributed by atoms with Gasteiger partial charge in [0.15, 0.2) is 0 Å². The second-order valence-electron chi connectivity index (χ2n) is 12.6. The lowest BCUT2D eigenvalue weighted by Crippen LogP contribution is -2.51. The van der Waals surface area contributed by atoms with Crippen molar-refractivity contribution in [2.75, 3.05) is 18.9 Å². The van der Waals surface area contributed by atoms with Gasteiger partial charge in [-0.05, 0) is 59.8 Å². The van der Waals surface area contributed by atoms with E-state index in [1.807, 2.05) is 62.1 Å². The lowest BCUT2D eigenvalue weighted by molar-refractivity contribution is -0.138. The van der Waals surface area contributed by atoms with E-state index in [-0.39, 0.29) is 29.4 Å². The van der Waals surface area contributed by atoms with Gasteiger partial charge in [0.1, 0.15) is 24.7 Å². The summed E-state index contributed by atoms with van der Waals surface area (Å²) in [5.41, 5.74) is 2.91. The molecule has 228 valence electrons. The Balaban J connectivity index is 1.29. The van der Waals surface area contributed by atoms with Crippen LogP contribution >= 0.6 is 11.8 Å². The summed E-state index contributed by atoms with van der Waals surface area (Å²) in [6.45, 7) is 7.38. The van der Waals surface area contributed by atoms with Gasteiger partial charge in [0.25, 0.3) is 0 Å². The standard InChI is InChI=1S/C34H42N4O4S/c1-34(2,3)17-32(39)37-31-9-4-5-14-43-30-8-6-7-28(16-30)42-22-27-15-29(20-38(27)33(31)40)41-21-24-10-12-25(13-11-24)26-18-35-23-36-19-26/h6-8,10-13,16,18-19,23,27,29,31H,4-5,9,14-15,17,20-22H2,1-3H3,(H,37,39)/t27-,29-,31-/m0/s1. The predicted molar refractivity (Wildman–Crippen MR) is 169 cm³/mol. The number of carbonyl (C=O) groups is 2. The van der Waals surface area contributed by atoms with Gasteiger partial charge in [-0.2, -0.15) is 0 Å². The van der Waals surface area contributed by atoms with E-state index in [4.69, 9.17) is 9.47 Å². The van der Waals surface area contributed by atoms with E-state index in [9.17, 15) is 9.59 Å². The Kier molecular flexibility index (Phi) is 10.4. The van der Waals surface area contributed by atoms with Crippen LogP contribution in [0, 0.1) is 5.41 Å². The Morgan fingerprint density at radius 2 is 1.88 bits per heavy atom. The van der Waals surface area contributed by atoms with Crippen LogP contribution in [-0.4, -0.2) is 63.8 Å². The van der Waals surface area contributed by atoms with Crippen LogP contribution in [0.5, 0.6) is 5.75 Å². The van der Waals surface area contributed by atoms with Crippen molar-refractivity contribution in [3.8, 4) is 16.9 Å². The summed E-state index contributed by atoms with van der Waals surface area (Å²) >= 11 is 1.80. The Labute approximate surface area is 259 Å². The number of nitrogens with one attached hydrogen (secondary N) is 1. The van der Waals surface area contributed by atoms with Crippen molar-refractivity contribution >= 4 is 23.6 Å². The molecule has 43 heavy (non-hydrogen) atoms. The highest BCUT2D eigenvalue weighted by Gasteiger charge is 2.39. The average Bonchev–Trinajstić information content (AvgIpc) is 3.40. The Morgan fingerprint density at radius 3 is 2.65 bits per heavy atom. The second-order valence-corrected chi connectivity index (χ2v) is 13.8. The van der Waals surface area contributed by atoms with Crippen molar-refractivity contribution < 1.29 is 19.1 Å². The Hall–Kier alpha value is -3.43. The molecule has 2 aliphatic heterocycles. The first-order valence-electron chi connectivity index (χ1n) is 15.1. The first-order chi connectivity index (χ1) is 20.7. The summed E-state index contributed by atoms with van der Waals surface area (Å²) in [4.78, 5) is 38.3. The van der Waals surface area contributed by atoms with Crippen LogP contribution in [0.2, 0.25) is 0 Å². The fourth-order valence-electron chi connectivity index (χ4n) is 5.55. The molecule has 0 aliphatic carbocycles. The van der Waals surface area contributed by atoms with Crippen molar-refractivity contribution in [3.63, 3.8) is 0 Å². The van der Waals surface area contributed by atoms with Crippen LogP contribution in [0.25, 0.3) is 11.1 Å². The minimum atomic E-state index is -0.559. The number of nitrogens with zero attached hydrogens (tertiary/aromatic N) is 3. The lowest BCUT2D eigenvalue weighted by Gasteiger charge is -2.30. The van der Waals surface area contributed by atoms with Crippen LogP contribution in [0.4, 0.5) is 0 Å². The van der Waals surface area contributed by atoms with Crippen LogP contribution in [0.3, 0.4) is 0 Å². The van der Waals surface area contributed by atoms with Gasteiger partial charge in [-0.25, -0.2) is 9.97 Å². The van der Waals surface area contributed by atoms with E-state index in [0.29, 0.717) is 39.0 Å². The number of hydrogen-bond donors (Lipinski definition) is 1. The number of benzene rings is 2. The molecular weight excluding hydrogens is 560 g/mol. The molecule has 1 fully saturated rings. The number of thioether (sulfide) groups is 1. The highest BCUT2D eigenvalue weighted by atomic mass is 32.2. The summed E-state index contributed by atoms with van der Waals surface area (Å²) in [6, 6.07) is 15.6.